The van der Waals surface area contributed by atoms with Crippen LogP contribution in [0.2, 0.25) is 0 Å². The number of rotatable bonds is 5. The van der Waals surface area contributed by atoms with Crippen LogP contribution in [0, 0.1) is 29.1 Å². The maximum absolute atomic E-state index is 13.7. The Morgan fingerprint density at radius 3 is 1.77 bits per heavy atom. The van der Waals surface area contributed by atoms with E-state index in [1.807, 2.05) is 0 Å². The van der Waals surface area contributed by atoms with Gasteiger partial charge in [0.15, 0.2) is 23.3 Å². The molecule has 0 bridgehead atoms. The van der Waals surface area contributed by atoms with Crippen molar-refractivity contribution in [1.29, 1.82) is 0 Å². The Morgan fingerprint density at radius 1 is 0.903 bits per heavy atom. The van der Waals surface area contributed by atoms with Gasteiger partial charge in [-0.15, -0.1) is 0 Å². The number of carbonyl (C=O) groups excluding carboxylic acids is 2. The third-order valence-electron chi connectivity index (χ3n) is 3.98. The number of aliphatic hydroxyl groups is 1. The molecule has 31 heavy (non-hydrogen) atoms. The first-order valence-corrected chi connectivity index (χ1v) is 8.16. The Labute approximate surface area is 168 Å². The lowest BCUT2D eigenvalue weighted by atomic mass is 9.93. The minimum absolute atomic E-state index is 0.453. The van der Waals surface area contributed by atoms with Crippen LogP contribution in [0.25, 0.3) is 0 Å². The summed E-state index contributed by atoms with van der Waals surface area (Å²) in [6, 6.07) is 2.46. The number of ether oxygens (including phenoxy) is 1. The molecular weight excluding hydrogens is 446 g/mol. The summed E-state index contributed by atoms with van der Waals surface area (Å²) < 4.78 is 111. The molecular formula is C18H11F8NO4. The van der Waals surface area contributed by atoms with Crippen LogP contribution in [-0.4, -0.2) is 29.8 Å². The molecule has 0 saturated heterocycles. The van der Waals surface area contributed by atoms with E-state index in [9.17, 15) is 49.8 Å². The number of hydrogen-bond donors (Lipinski definition) is 2. The fourth-order valence-electron chi connectivity index (χ4n) is 2.43. The van der Waals surface area contributed by atoms with E-state index >= 15 is 0 Å². The molecule has 0 saturated carbocycles. The van der Waals surface area contributed by atoms with Crippen LogP contribution in [0.15, 0.2) is 24.3 Å². The van der Waals surface area contributed by atoms with Gasteiger partial charge in [0, 0.05) is 11.3 Å². The van der Waals surface area contributed by atoms with Crippen LogP contribution in [0.3, 0.4) is 0 Å². The van der Waals surface area contributed by atoms with Crippen molar-refractivity contribution in [2.24, 2.45) is 0 Å². The Bertz CT molecular complexity index is 994. The van der Waals surface area contributed by atoms with Gasteiger partial charge in [0.25, 0.3) is 11.5 Å². The molecule has 0 heterocycles. The fourth-order valence-corrected chi connectivity index (χ4v) is 2.43. The van der Waals surface area contributed by atoms with E-state index in [0.29, 0.717) is 24.3 Å². The van der Waals surface area contributed by atoms with Gasteiger partial charge in [-0.25, -0.2) is 26.7 Å². The molecule has 168 valence electrons. The summed E-state index contributed by atoms with van der Waals surface area (Å²) in [7, 11) is 0. The molecule has 1 atom stereocenters. The van der Waals surface area contributed by atoms with Crippen molar-refractivity contribution < 1.29 is 54.6 Å². The van der Waals surface area contributed by atoms with Crippen molar-refractivity contribution in [2.45, 2.75) is 18.7 Å². The molecule has 0 aliphatic heterocycles. The van der Waals surface area contributed by atoms with Crippen molar-refractivity contribution >= 4 is 17.6 Å². The second kappa shape index (κ2) is 8.49. The number of esters is 1. The molecule has 2 rings (SSSR count). The molecule has 2 N–H and O–H groups in total. The van der Waals surface area contributed by atoms with Crippen molar-refractivity contribution in [1.82, 2.24) is 0 Å². The summed E-state index contributed by atoms with van der Waals surface area (Å²) in [5.74, 6) is -15.9. The number of nitrogens with one attached hydrogen (secondary N) is 1. The third-order valence-corrected chi connectivity index (χ3v) is 3.98. The van der Waals surface area contributed by atoms with Crippen LogP contribution in [0.5, 0.6) is 0 Å². The van der Waals surface area contributed by atoms with E-state index in [2.05, 4.69) is 4.74 Å². The number of carbonyl (C=O) groups is 2. The smallest absolute Gasteiger partial charge is 0.432 e. The maximum Gasteiger partial charge on any atom is 0.432 e. The lowest BCUT2D eigenvalue weighted by Gasteiger charge is -2.28. The highest BCUT2D eigenvalue weighted by Crippen LogP contribution is 2.40. The molecule has 0 aromatic heterocycles. The molecule has 2 aromatic rings. The number of anilines is 1. The zero-order chi connectivity index (χ0) is 23.7. The van der Waals surface area contributed by atoms with Crippen molar-refractivity contribution in [3.05, 3.63) is 64.5 Å². The molecule has 0 unspecified atom stereocenters. The van der Waals surface area contributed by atoms with Gasteiger partial charge in [-0.05, 0) is 19.1 Å². The largest absolute Gasteiger partial charge is 0.463 e. The van der Waals surface area contributed by atoms with Gasteiger partial charge in [-0.2, -0.15) is 13.2 Å². The van der Waals surface area contributed by atoms with Crippen LogP contribution in [-0.2, 0) is 15.1 Å². The lowest BCUT2D eigenvalue weighted by molar-refractivity contribution is -0.267. The first kappa shape index (κ1) is 24.1. The van der Waals surface area contributed by atoms with Gasteiger partial charge in [0.1, 0.15) is 5.56 Å². The average Bonchev–Trinajstić information content (AvgIpc) is 2.70. The second-order valence-corrected chi connectivity index (χ2v) is 5.91. The number of amides is 1. The summed E-state index contributed by atoms with van der Waals surface area (Å²) in [5.41, 5.74) is -7.36. The highest BCUT2D eigenvalue weighted by Gasteiger charge is 2.62. The molecule has 1 amide bonds. The summed E-state index contributed by atoms with van der Waals surface area (Å²) in [5, 5.41) is 11.7. The monoisotopic (exact) mass is 457 g/mol. The quantitative estimate of drug-likeness (QED) is 0.309. The normalized spacial score (nSPS) is 13.5. The van der Waals surface area contributed by atoms with Crippen LogP contribution in [0.4, 0.5) is 40.8 Å². The molecule has 13 heteroatoms. The highest BCUT2D eigenvalue weighted by atomic mass is 19.4. The molecule has 2 aromatic carbocycles. The fraction of sp³-hybridized carbons (Fsp3) is 0.222. The van der Waals surface area contributed by atoms with E-state index in [1.54, 1.807) is 5.32 Å². The van der Waals surface area contributed by atoms with E-state index in [4.69, 9.17) is 0 Å². The summed E-state index contributed by atoms with van der Waals surface area (Å²) in [4.78, 5) is 23.6. The van der Waals surface area contributed by atoms with Crippen molar-refractivity contribution in [3.63, 3.8) is 0 Å². The zero-order valence-electron chi connectivity index (χ0n) is 15.2. The van der Waals surface area contributed by atoms with Crippen LogP contribution >= 0.6 is 0 Å². The molecule has 0 radical (unpaired) electrons. The first-order valence-electron chi connectivity index (χ1n) is 8.16. The average molecular weight is 457 g/mol. The van der Waals surface area contributed by atoms with E-state index in [1.165, 1.54) is 6.92 Å². The van der Waals surface area contributed by atoms with Crippen molar-refractivity contribution in [3.8, 4) is 0 Å². The topological polar surface area (TPSA) is 75.6 Å². The molecule has 0 spiro atoms. The van der Waals surface area contributed by atoms with Crippen LogP contribution in [0.1, 0.15) is 22.8 Å². The molecule has 0 aliphatic rings. The number of hydrogen-bond acceptors (Lipinski definition) is 4. The summed E-state index contributed by atoms with van der Waals surface area (Å²) >= 11 is 0. The Morgan fingerprint density at radius 2 is 1.35 bits per heavy atom. The minimum Gasteiger partial charge on any atom is -0.463 e. The molecule has 5 nitrogen and oxygen atoms in total. The second-order valence-electron chi connectivity index (χ2n) is 5.91. The number of halogens is 8. The van der Waals surface area contributed by atoms with Gasteiger partial charge in [-0.3, -0.25) is 4.79 Å². The van der Waals surface area contributed by atoms with Gasteiger partial charge in [-0.1, -0.05) is 12.1 Å². The Hall–Kier alpha value is -3.22. The van der Waals surface area contributed by atoms with Gasteiger partial charge >= 0.3 is 12.1 Å². The first-order chi connectivity index (χ1) is 14.3. The van der Waals surface area contributed by atoms with Gasteiger partial charge in [0.2, 0.25) is 5.82 Å². The predicted octanol–water partition coefficient (Wildman–Crippen LogP) is 3.95. The van der Waals surface area contributed by atoms with Gasteiger partial charge < -0.3 is 15.2 Å². The van der Waals surface area contributed by atoms with E-state index in [0.717, 1.165) is 0 Å². The summed E-state index contributed by atoms with van der Waals surface area (Å²) in [6.45, 7) is 0.722. The Kier molecular flexibility index (Phi) is 6.59. The SMILES string of the molecule is CCOC(=O)[C@@](O)(c1ccc(NC(=O)c2c(F)c(F)c(F)c(F)c2F)cc1)C(F)(F)F. The van der Waals surface area contributed by atoms with Crippen LogP contribution < -0.4 is 5.32 Å². The van der Waals surface area contributed by atoms with E-state index < -0.39 is 76.2 Å². The minimum atomic E-state index is -5.50. The maximum atomic E-state index is 13.7. The summed E-state index contributed by atoms with van der Waals surface area (Å²) in [6.07, 6.45) is -5.50. The molecule has 0 fully saturated rings. The lowest BCUT2D eigenvalue weighted by Crippen LogP contribution is -2.50. The van der Waals surface area contributed by atoms with Gasteiger partial charge in [0.05, 0.1) is 6.61 Å². The third kappa shape index (κ3) is 4.17. The molecule has 0 aliphatic carbocycles. The predicted molar refractivity (Wildman–Crippen MR) is 87.2 cm³/mol. The number of alkyl halides is 3. The van der Waals surface area contributed by atoms with E-state index in [-0.39, 0.29) is 0 Å². The zero-order valence-corrected chi connectivity index (χ0v) is 15.2. The highest BCUT2D eigenvalue weighted by molar-refractivity contribution is 6.04. The van der Waals surface area contributed by atoms with Crippen molar-refractivity contribution in [2.75, 3.05) is 11.9 Å². The standard InChI is InChI=1S/C18H11F8NO4/c1-2-31-16(29)17(30,18(24,25)26)7-3-5-8(6-4-7)27-15(28)9-10(19)12(21)14(23)13(22)11(9)20/h3-6,30H,2H2,1H3,(H,27,28)/t17-/m0/s1. The number of benzene rings is 2. The Balaban J connectivity index is 2.39.